The molecule has 1 N–H and O–H groups in total. The Morgan fingerprint density at radius 3 is 2.31 bits per heavy atom. The number of benzene rings is 1. The molecule has 2 saturated heterocycles. The van der Waals surface area contributed by atoms with Crippen molar-refractivity contribution in [2.75, 3.05) is 19.8 Å². The molecule has 5 rings (SSSR count). The number of esters is 5. The van der Waals surface area contributed by atoms with Crippen molar-refractivity contribution >= 4 is 35.8 Å². The number of amides is 1. The molecule has 0 bridgehead atoms. The van der Waals surface area contributed by atoms with Crippen LogP contribution < -0.4 is 5.32 Å². The molecule has 4 aliphatic rings. The van der Waals surface area contributed by atoms with E-state index in [-0.39, 0.29) is 48.4 Å². The molecule has 278 valence electrons. The van der Waals surface area contributed by atoms with Crippen LogP contribution >= 0.6 is 0 Å². The van der Waals surface area contributed by atoms with Gasteiger partial charge in [0.05, 0.1) is 17.8 Å². The van der Waals surface area contributed by atoms with E-state index in [0.717, 1.165) is 19.8 Å². The third-order valence-electron chi connectivity index (χ3n) is 11.3. The van der Waals surface area contributed by atoms with Crippen LogP contribution in [0.4, 0.5) is 0 Å². The van der Waals surface area contributed by atoms with Gasteiger partial charge in [0.15, 0.2) is 6.10 Å². The Morgan fingerprint density at radius 2 is 1.71 bits per heavy atom. The lowest BCUT2D eigenvalue weighted by Crippen LogP contribution is -2.61. The molecule has 4 unspecified atom stereocenters. The lowest BCUT2D eigenvalue weighted by molar-refractivity contribution is -0.203. The molecule has 0 aromatic heterocycles. The average molecular weight is 712 g/mol. The molecule has 1 aromatic carbocycles. The summed E-state index contributed by atoms with van der Waals surface area (Å²) in [7, 11) is 0. The van der Waals surface area contributed by atoms with Crippen molar-refractivity contribution < 1.29 is 57.2 Å². The molecule has 9 atom stereocenters. The Kier molecular flexibility index (Phi) is 11.3. The lowest BCUT2D eigenvalue weighted by atomic mass is 9.45. The van der Waals surface area contributed by atoms with E-state index < -0.39 is 65.2 Å². The molecular weight excluding hydrogens is 662 g/mol. The predicted octanol–water partition coefficient (Wildman–Crippen LogP) is 4.07. The Hall–Kier alpha value is -4.26. The largest absolute Gasteiger partial charge is 0.465 e. The van der Waals surface area contributed by atoms with Crippen molar-refractivity contribution in [3.05, 3.63) is 47.5 Å². The highest BCUT2D eigenvalue weighted by Crippen LogP contribution is 2.66. The third-order valence-corrected chi connectivity index (χ3v) is 11.3. The van der Waals surface area contributed by atoms with E-state index in [0.29, 0.717) is 31.4 Å². The number of hydrogen-bond acceptors (Lipinski definition) is 12. The van der Waals surface area contributed by atoms with Gasteiger partial charge in [-0.15, -0.1) is 0 Å². The van der Waals surface area contributed by atoms with Crippen LogP contribution in [0.15, 0.2) is 42.0 Å². The van der Waals surface area contributed by atoms with Crippen molar-refractivity contribution in [1.29, 1.82) is 0 Å². The first-order valence-electron chi connectivity index (χ1n) is 17.7. The van der Waals surface area contributed by atoms with Crippen LogP contribution in [-0.4, -0.2) is 79.5 Å². The lowest BCUT2D eigenvalue weighted by Gasteiger charge is -2.61. The zero-order chi connectivity index (χ0) is 37.1. The zero-order valence-electron chi connectivity index (χ0n) is 30.2. The fraction of sp³-hybridized carbons (Fsp3) is 0.632. The third kappa shape index (κ3) is 7.98. The summed E-state index contributed by atoms with van der Waals surface area (Å²) in [6, 6.07) is 7.53. The highest BCUT2D eigenvalue weighted by molar-refractivity contribution is 5.92. The molecule has 51 heavy (non-hydrogen) atoms. The SMILES string of the molecule is CCC(=O)O[C@@H]1CC[C@@]2(C)C(CCC3(CO3)[C@H]2C/C=C2\C(=O)OC[C@H]2OC(=O)C(OC(C)=O)C(NC(C)=O)c2ccccc2)[C@]1(C)COC(C)=O. The summed E-state index contributed by atoms with van der Waals surface area (Å²) >= 11 is 0. The maximum absolute atomic E-state index is 13.7. The number of ether oxygens (including phenoxy) is 6. The molecule has 4 fully saturated rings. The maximum Gasteiger partial charge on any atom is 0.350 e. The number of rotatable bonds is 12. The Balaban J connectivity index is 1.41. The van der Waals surface area contributed by atoms with E-state index in [1.807, 2.05) is 6.92 Å². The molecule has 0 radical (unpaired) electrons. The van der Waals surface area contributed by atoms with E-state index in [9.17, 15) is 28.8 Å². The van der Waals surface area contributed by atoms with Gasteiger partial charge in [-0.05, 0) is 54.9 Å². The highest BCUT2D eigenvalue weighted by atomic mass is 16.6. The first-order chi connectivity index (χ1) is 24.1. The minimum absolute atomic E-state index is 0.0108. The summed E-state index contributed by atoms with van der Waals surface area (Å²) in [5.41, 5.74) is -0.749. The number of epoxide rings is 1. The van der Waals surface area contributed by atoms with Crippen LogP contribution in [0, 0.1) is 22.7 Å². The van der Waals surface area contributed by atoms with Crippen LogP contribution in [0.25, 0.3) is 0 Å². The fourth-order valence-corrected chi connectivity index (χ4v) is 8.84. The monoisotopic (exact) mass is 711 g/mol. The summed E-state index contributed by atoms with van der Waals surface area (Å²) in [5, 5.41) is 2.68. The van der Waals surface area contributed by atoms with Gasteiger partial charge in [0.25, 0.3) is 0 Å². The van der Waals surface area contributed by atoms with Gasteiger partial charge >= 0.3 is 29.8 Å². The number of nitrogens with one attached hydrogen (secondary N) is 1. The smallest absolute Gasteiger partial charge is 0.350 e. The van der Waals surface area contributed by atoms with Crippen molar-refractivity contribution in [3.8, 4) is 0 Å². The number of carbonyl (C=O) groups is 6. The molecule has 2 aliphatic carbocycles. The van der Waals surface area contributed by atoms with E-state index in [1.165, 1.54) is 13.8 Å². The fourth-order valence-electron chi connectivity index (χ4n) is 8.84. The molecule has 1 spiro atoms. The van der Waals surface area contributed by atoms with E-state index >= 15 is 0 Å². The molecule has 2 aliphatic heterocycles. The highest BCUT2D eigenvalue weighted by Gasteiger charge is 2.67. The standard InChI is InChI=1S/C38H49NO12/c1-7-31(43)51-30-16-17-36(5)28(37(30,6)20-47-23(3)41)15-18-38(21-48-38)29(36)14-13-26-27(19-46-34(26)44)50-35(45)33(49-24(4)42)32(39-22(2)40)25-11-9-8-10-12-25/h8-13,27-30,32-33H,7,14-21H2,1-6H3,(H,39,40)/b26-13-/t27-,28?,29+,30-,32?,33?,36+,37+,38?/m1/s1. The molecule has 1 amide bonds. The van der Waals surface area contributed by atoms with Gasteiger partial charge in [-0.25, -0.2) is 9.59 Å². The molecule has 2 heterocycles. The number of hydrogen-bond donors (Lipinski definition) is 1. The summed E-state index contributed by atoms with van der Waals surface area (Å²) in [4.78, 5) is 75.6. The second-order valence-corrected chi connectivity index (χ2v) is 14.7. The van der Waals surface area contributed by atoms with Gasteiger partial charge in [0.2, 0.25) is 12.0 Å². The van der Waals surface area contributed by atoms with Crippen molar-refractivity contribution in [2.45, 2.75) is 110 Å². The number of fused-ring (bicyclic) bond motifs is 1. The second-order valence-electron chi connectivity index (χ2n) is 14.7. The van der Waals surface area contributed by atoms with Crippen LogP contribution in [0.5, 0.6) is 0 Å². The average Bonchev–Trinajstić information content (AvgIpc) is 3.77. The van der Waals surface area contributed by atoms with Gasteiger partial charge in [0, 0.05) is 32.6 Å². The molecular formula is C38H49NO12. The van der Waals surface area contributed by atoms with Gasteiger partial charge in [-0.3, -0.25) is 19.2 Å². The van der Waals surface area contributed by atoms with Crippen molar-refractivity contribution in [3.63, 3.8) is 0 Å². The van der Waals surface area contributed by atoms with E-state index in [1.54, 1.807) is 43.3 Å². The van der Waals surface area contributed by atoms with Gasteiger partial charge in [-0.2, -0.15) is 0 Å². The van der Waals surface area contributed by atoms with Gasteiger partial charge < -0.3 is 33.7 Å². The van der Waals surface area contributed by atoms with Crippen LogP contribution in [0.1, 0.15) is 91.7 Å². The molecule has 2 saturated carbocycles. The van der Waals surface area contributed by atoms with E-state index in [2.05, 4.69) is 12.2 Å². The second kappa shape index (κ2) is 15.1. The first-order valence-corrected chi connectivity index (χ1v) is 17.7. The maximum atomic E-state index is 13.7. The first kappa shape index (κ1) is 38.0. The molecule has 13 heteroatoms. The van der Waals surface area contributed by atoms with Crippen LogP contribution in [-0.2, 0) is 57.2 Å². The molecule has 13 nitrogen and oxygen atoms in total. The van der Waals surface area contributed by atoms with Crippen molar-refractivity contribution in [2.24, 2.45) is 22.7 Å². The Bertz CT molecular complexity index is 1550. The summed E-state index contributed by atoms with van der Waals surface area (Å²) in [5.74, 6) is -3.59. The topological polar surface area (TPSA) is 173 Å². The van der Waals surface area contributed by atoms with Crippen LogP contribution in [0.2, 0.25) is 0 Å². The number of cyclic esters (lactones) is 1. The number of allylic oxidation sites excluding steroid dienone is 1. The van der Waals surface area contributed by atoms with Crippen molar-refractivity contribution in [1.82, 2.24) is 5.32 Å². The summed E-state index contributed by atoms with van der Waals surface area (Å²) < 4.78 is 34.3. The normalized spacial score (nSPS) is 32.9. The number of carbonyl (C=O) groups excluding carboxylic acids is 6. The van der Waals surface area contributed by atoms with Gasteiger partial charge in [0.1, 0.15) is 25.4 Å². The van der Waals surface area contributed by atoms with E-state index in [4.69, 9.17) is 28.4 Å². The summed E-state index contributed by atoms with van der Waals surface area (Å²) in [6.07, 6.45) is 2.12. The minimum Gasteiger partial charge on any atom is -0.465 e. The van der Waals surface area contributed by atoms with Gasteiger partial charge in [-0.1, -0.05) is 57.2 Å². The summed E-state index contributed by atoms with van der Waals surface area (Å²) in [6.45, 7) is 10.2. The minimum atomic E-state index is -1.54. The Morgan fingerprint density at radius 1 is 1.00 bits per heavy atom. The quantitative estimate of drug-likeness (QED) is 0.143. The predicted molar refractivity (Wildman–Crippen MR) is 179 cm³/mol. The zero-order valence-corrected chi connectivity index (χ0v) is 30.2. The molecule has 1 aromatic rings. The van der Waals surface area contributed by atoms with Crippen LogP contribution in [0.3, 0.4) is 0 Å². The Labute approximate surface area is 298 Å².